The summed E-state index contributed by atoms with van der Waals surface area (Å²) in [6.45, 7) is -0.125. The van der Waals surface area contributed by atoms with Crippen LogP contribution in [0.1, 0.15) is 5.56 Å². The fraction of sp³-hybridized carbons (Fsp3) is 0.0769. The first-order valence-corrected chi connectivity index (χ1v) is 8.85. The fourth-order valence-corrected chi connectivity index (χ4v) is 3.27. The molecule has 11 heteroatoms. The van der Waals surface area contributed by atoms with Crippen molar-refractivity contribution in [2.24, 2.45) is 5.14 Å². The van der Waals surface area contributed by atoms with Crippen LogP contribution in [0, 0.1) is 10.1 Å². The van der Waals surface area contributed by atoms with E-state index in [-0.39, 0.29) is 38.0 Å². The lowest BCUT2D eigenvalue weighted by molar-refractivity contribution is -0.384. The standard InChI is InChI=1S/C13H9Cl3N2O5S/c14-10-4-8(24(17,21)22)5-11(15)9(10)6-23-13-2-1-7(18(19)20)3-12(13)16/h1-5H,6H2,(H2,17,21,22). The Morgan fingerprint density at radius 3 is 2.12 bits per heavy atom. The lowest BCUT2D eigenvalue weighted by atomic mass is 10.2. The first-order chi connectivity index (χ1) is 11.1. The Kier molecular flexibility index (Phi) is 5.56. The second-order valence-electron chi connectivity index (χ2n) is 4.57. The van der Waals surface area contributed by atoms with Crippen LogP contribution < -0.4 is 9.88 Å². The van der Waals surface area contributed by atoms with E-state index in [1.54, 1.807) is 0 Å². The van der Waals surface area contributed by atoms with Gasteiger partial charge >= 0.3 is 0 Å². The summed E-state index contributed by atoms with van der Waals surface area (Å²) >= 11 is 17.9. The maximum atomic E-state index is 11.3. The van der Waals surface area contributed by atoms with Crippen molar-refractivity contribution in [3.05, 3.63) is 61.1 Å². The molecule has 0 radical (unpaired) electrons. The van der Waals surface area contributed by atoms with Crippen molar-refractivity contribution in [2.45, 2.75) is 11.5 Å². The van der Waals surface area contributed by atoms with Crippen molar-refractivity contribution < 1.29 is 18.1 Å². The molecule has 2 N–H and O–H groups in total. The fourth-order valence-electron chi connectivity index (χ4n) is 1.75. The molecule has 2 aromatic carbocycles. The Balaban J connectivity index is 2.25. The summed E-state index contributed by atoms with van der Waals surface area (Å²) < 4.78 is 28.1. The molecule has 0 aliphatic heterocycles. The quantitative estimate of drug-likeness (QED) is 0.594. The topological polar surface area (TPSA) is 113 Å². The van der Waals surface area contributed by atoms with E-state index in [0.717, 1.165) is 18.2 Å². The third kappa shape index (κ3) is 4.28. The molecule has 0 aliphatic carbocycles. The molecule has 0 unspecified atom stereocenters. The summed E-state index contributed by atoms with van der Waals surface area (Å²) in [6, 6.07) is 6.01. The SMILES string of the molecule is NS(=O)(=O)c1cc(Cl)c(COc2ccc([N+](=O)[O-])cc2Cl)c(Cl)c1. The number of nitro groups is 1. The molecule has 0 saturated heterocycles. The van der Waals surface area contributed by atoms with Crippen LogP contribution in [-0.2, 0) is 16.6 Å². The van der Waals surface area contributed by atoms with Crippen LogP contribution in [0.2, 0.25) is 15.1 Å². The normalized spacial score (nSPS) is 11.3. The highest BCUT2D eigenvalue weighted by molar-refractivity contribution is 7.89. The third-order valence-electron chi connectivity index (χ3n) is 2.94. The molecule has 2 aromatic rings. The number of hydrogen-bond donors (Lipinski definition) is 1. The van der Waals surface area contributed by atoms with Crippen molar-refractivity contribution in [1.29, 1.82) is 0 Å². The first-order valence-electron chi connectivity index (χ1n) is 6.17. The van der Waals surface area contributed by atoms with E-state index < -0.39 is 14.9 Å². The second-order valence-corrected chi connectivity index (χ2v) is 7.35. The average Bonchev–Trinajstić information content (AvgIpc) is 2.46. The van der Waals surface area contributed by atoms with Crippen LogP contribution in [0.4, 0.5) is 5.69 Å². The molecule has 7 nitrogen and oxygen atoms in total. The number of halogens is 3. The monoisotopic (exact) mass is 410 g/mol. The Bertz CT molecular complexity index is 895. The van der Waals surface area contributed by atoms with E-state index in [2.05, 4.69) is 0 Å². The average molecular weight is 412 g/mol. The molecule has 128 valence electrons. The zero-order valence-electron chi connectivity index (χ0n) is 11.7. The molecule has 24 heavy (non-hydrogen) atoms. The summed E-state index contributed by atoms with van der Waals surface area (Å²) in [7, 11) is -3.95. The zero-order valence-corrected chi connectivity index (χ0v) is 14.8. The summed E-state index contributed by atoms with van der Waals surface area (Å²) in [5.74, 6) is 0.185. The van der Waals surface area contributed by atoms with Crippen molar-refractivity contribution in [2.75, 3.05) is 0 Å². The number of non-ortho nitro benzene ring substituents is 1. The van der Waals surface area contributed by atoms with Gasteiger partial charge in [0.1, 0.15) is 12.4 Å². The van der Waals surface area contributed by atoms with Crippen LogP contribution in [-0.4, -0.2) is 13.3 Å². The predicted octanol–water partition coefficient (Wildman–Crippen LogP) is 3.78. The van der Waals surface area contributed by atoms with Gasteiger partial charge in [0.25, 0.3) is 5.69 Å². The Morgan fingerprint density at radius 2 is 1.67 bits per heavy atom. The Morgan fingerprint density at radius 1 is 1.08 bits per heavy atom. The number of sulfonamides is 1. The van der Waals surface area contributed by atoms with E-state index in [9.17, 15) is 18.5 Å². The smallest absolute Gasteiger partial charge is 0.271 e. The van der Waals surface area contributed by atoms with Crippen molar-refractivity contribution in [3.63, 3.8) is 0 Å². The highest BCUT2D eigenvalue weighted by atomic mass is 35.5. The van der Waals surface area contributed by atoms with Gasteiger partial charge in [-0.1, -0.05) is 34.8 Å². The molecule has 0 aliphatic rings. The summed E-state index contributed by atoms with van der Waals surface area (Å²) in [4.78, 5) is 9.84. The van der Waals surface area contributed by atoms with Crippen LogP contribution in [0.5, 0.6) is 5.75 Å². The van der Waals surface area contributed by atoms with Crippen LogP contribution in [0.15, 0.2) is 35.2 Å². The summed E-state index contributed by atoms with van der Waals surface area (Å²) in [5.41, 5.74) is 0.140. The van der Waals surface area contributed by atoms with Gasteiger partial charge < -0.3 is 4.74 Å². The second kappa shape index (κ2) is 7.12. The molecule has 2 rings (SSSR count). The predicted molar refractivity (Wildman–Crippen MR) is 90.3 cm³/mol. The molecular weight excluding hydrogens is 403 g/mol. The number of hydrogen-bond acceptors (Lipinski definition) is 5. The minimum Gasteiger partial charge on any atom is -0.487 e. The highest BCUT2D eigenvalue weighted by Crippen LogP contribution is 2.32. The van der Waals surface area contributed by atoms with Crippen LogP contribution in [0.25, 0.3) is 0 Å². The number of ether oxygens (including phenoxy) is 1. The zero-order chi connectivity index (χ0) is 18.1. The van der Waals surface area contributed by atoms with E-state index >= 15 is 0 Å². The minimum absolute atomic E-state index is 0.0394. The van der Waals surface area contributed by atoms with Crippen molar-refractivity contribution in [1.82, 2.24) is 0 Å². The molecular formula is C13H9Cl3N2O5S. The number of primary sulfonamides is 1. The molecule has 0 aromatic heterocycles. The van der Waals surface area contributed by atoms with Crippen LogP contribution in [0.3, 0.4) is 0 Å². The summed E-state index contributed by atoms with van der Waals surface area (Å²) in [6.07, 6.45) is 0. The molecule has 0 saturated carbocycles. The first kappa shape index (κ1) is 18.8. The lowest BCUT2D eigenvalue weighted by Crippen LogP contribution is -2.12. The van der Waals surface area contributed by atoms with E-state index in [0.29, 0.717) is 5.56 Å². The maximum absolute atomic E-state index is 11.3. The largest absolute Gasteiger partial charge is 0.487 e. The molecule has 0 fully saturated rings. The minimum atomic E-state index is -3.95. The van der Waals surface area contributed by atoms with E-state index in [4.69, 9.17) is 44.7 Å². The van der Waals surface area contributed by atoms with E-state index in [1.807, 2.05) is 0 Å². The van der Waals surface area contributed by atoms with Gasteiger partial charge in [0, 0.05) is 17.7 Å². The molecule has 0 amide bonds. The van der Waals surface area contributed by atoms with E-state index in [1.165, 1.54) is 12.1 Å². The molecule has 0 heterocycles. The number of nitro benzene ring substituents is 1. The van der Waals surface area contributed by atoms with Crippen molar-refractivity contribution >= 4 is 50.5 Å². The van der Waals surface area contributed by atoms with Gasteiger partial charge in [-0.2, -0.15) is 0 Å². The van der Waals surface area contributed by atoms with Crippen molar-refractivity contribution in [3.8, 4) is 5.75 Å². The van der Waals surface area contributed by atoms with Gasteiger partial charge in [-0.05, 0) is 18.2 Å². The molecule has 0 atom stereocenters. The van der Waals surface area contributed by atoms with Gasteiger partial charge in [-0.3, -0.25) is 10.1 Å². The lowest BCUT2D eigenvalue weighted by Gasteiger charge is -2.12. The van der Waals surface area contributed by atoms with Gasteiger partial charge in [0.2, 0.25) is 10.0 Å². The van der Waals surface area contributed by atoms with Crippen LogP contribution >= 0.6 is 34.8 Å². The van der Waals surface area contributed by atoms with Gasteiger partial charge in [-0.15, -0.1) is 0 Å². The number of nitrogens with two attached hydrogens (primary N) is 1. The molecule has 0 spiro atoms. The van der Waals surface area contributed by atoms with Gasteiger partial charge in [-0.25, -0.2) is 13.6 Å². The van der Waals surface area contributed by atoms with Gasteiger partial charge in [0.15, 0.2) is 0 Å². The van der Waals surface area contributed by atoms with Gasteiger partial charge in [0.05, 0.1) is 24.9 Å². The number of benzene rings is 2. The summed E-state index contributed by atoms with van der Waals surface area (Å²) in [5, 5.41) is 15.8. The highest BCUT2D eigenvalue weighted by Gasteiger charge is 2.16. The number of rotatable bonds is 5. The molecule has 0 bridgehead atoms. The Labute approximate surface area is 152 Å². The maximum Gasteiger partial charge on any atom is 0.271 e. The Hall–Kier alpha value is -1.58. The number of nitrogens with zero attached hydrogens (tertiary/aromatic N) is 1. The third-order valence-corrected chi connectivity index (χ3v) is 4.80.